The van der Waals surface area contributed by atoms with E-state index >= 15 is 0 Å². The fourth-order valence-corrected chi connectivity index (χ4v) is 2.88. The number of hydrazone groups is 1. The van der Waals surface area contributed by atoms with Crippen LogP contribution in [0.1, 0.15) is 16.7 Å². The molecule has 1 amide bonds. The van der Waals surface area contributed by atoms with Gasteiger partial charge in [0.2, 0.25) is 0 Å². The van der Waals surface area contributed by atoms with E-state index in [0.29, 0.717) is 22.9 Å². The minimum absolute atomic E-state index is 0.00696. The van der Waals surface area contributed by atoms with Gasteiger partial charge in [0.25, 0.3) is 11.6 Å². The van der Waals surface area contributed by atoms with E-state index in [-0.39, 0.29) is 18.2 Å². The second kappa shape index (κ2) is 10.8. The highest BCUT2D eigenvalue weighted by Crippen LogP contribution is 2.27. The van der Waals surface area contributed by atoms with Crippen molar-refractivity contribution < 1.29 is 19.2 Å². The minimum Gasteiger partial charge on any atom is -0.493 e. The summed E-state index contributed by atoms with van der Waals surface area (Å²) in [7, 11) is 1.51. The average molecular weight is 448 g/mol. The summed E-state index contributed by atoms with van der Waals surface area (Å²) in [6.07, 6.45) is 1.57. The van der Waals surface area contributed by atoms with Crippen LogP contribution in [-0.2, 0) is 4.79 Å². The first-order valence-corrected chi connectivity index (χ1v) is 10.1. The first-order chi connectivity index (χ1) is 15.9. The number of hydrogen-bond acceptors (Lipinski definition) is 7. The topological polar surface area (TPSA) is 115 Å². The van der Waals surface area contributed by atoms with E-state index in [2.05, 4.69) is 15.8 Å². The molecule has 0 heterocycles. The Bertz CT molecular complexity index is 1180. The van der Waals surface area contributed by atoms with Crippen molar-refractivity contribution in [2.45, 2.75) is 13.8 Å². The molecule has 2 N–H and O–H groups in total. The molecule has 0 aromatic heterocycles. The van der Waals surface area contributed by atoms with E-state index in [4.69, 9.17) is 9.47 Å². The standard InChI is InChI=1S/C24H24N4O5/c1-16-4-6-20(12-17(16)2)26-24(29)15-33-22-11-5-18(13-23(22)32-3)14-25-27-19-7-9-21(10-8-19)28(30)31/h4-14,27H,15H2,1-3H3,(H,26,29)/b25-14+. The second-order valence-electron chi connectivity index (χ2n) is 7.22. The van der Waals surface area contributed by atoms with Crippen LogP contribution in [0.5, 0.6) is 11.5 Å². The predicted molar refractivity (Wildman–Crippen MR) is 127 cm³/mol. The maximum atomic E-state index is 12.2. The number of carbonyl (C=O) groups is 1. The Morgan fingerprint density at radius 1 is 1.00 bits per heavy atom. The second-order valence-corrected chi connectivity index (χ2v) is 7.22. The number of aryl methyl sites for hydroxylation is 2. The van der Waals surface area contributed by atoms with Gasteiger partial charge in [0, 0.05) is 17.8 Å². The molecule has 3 aromatic carbocycles. The number of methoxy groups -OCH3 is 1. The van der Waals surface area contributed by atoms with Crippen molar-refractivity contribution in [3.8, 4) is 11.5 Å². The molecule has 3 aromatic rings. The Morgan fingerprint density at radius 2 is 1.73 bits per heavy atom. The van der Waals surface area contributed by atoms with Crippen LogP contribution in [0.15, 0.2) is 65.8 Å². The summed E-state index contributed by atoms with van der Waals surface area (Å²) in [6, 6.07) is 16.8. The van der Waals surface area contributed by atoms with Crippen LogP contribution in [0, 0.1) is 24.0 Å². The van der Waals surface area contributed by atoms with Gasteiger partial charge >= 0.3 is 0 Å². The van der Waals surface area contributed by atoms with Crippen molar-refractivity contribution in [2.24, 2.45) is 5.10 Å². The zero-order valence-corrected chi connectivity index (χ0v) is 18.5. The molecule has 0 radical (unpaired) electrons. The van der Waals surface area contributed by atoms with Crippen molar-refractivity contribution in [2.75, 3.05) is 24.5 Å². The van der Waals surface area contributed by atoms with Crippen LogP contribution in [0.3, 0.4) is 0 Å². The lowest BCUT2D eigenvalue weighted by Crippen LogP contribution is -2.20. The molecule has 0 atom stereocenters. The number of anilines is 2. The van der Waals surface area contributed by atoms with Gasteiger partial charge in [0.05, 0.1) is 23.9 Å². The lowest BCUT2D eigenvalue weighted by atomic mass is 10.1. The van der Waals surface area contributed by atoms with Gasteiger partial charge in [-0.2, -0.15) is 5.10 Å². The Labute approximate surface area is 191 Å². The smallest absolute Gasteiger partial charge is 0.269 e. The fourth-order valence-electron chi connectivity index (χ4n) is 2.88. The molecule has 9 heteroatoms. The molecule has 0 unspecified atom stereocenters. The highest BCUT2D eigenvalue weighted by molar-refractivity contribution is 5.92. The van der Waals surface area contributed by atoms with Crippen molar-refractivity contribution in [1.29, 1.82) is 0 Å². The number of benzene rings is 3. The monoisotopic (exact) mass is 448 g/mol. The molecule has 0 saturated heterocycles. The van der Waals surface area contributed by atoms with Crippen LogP contribution in [0.25, 0.3) is 0 Å². The van der Waals surface area contributed by atoms with Gasteiger partial charge in [-0.25, -0.2) is 0 Å². The number of nitro benzene ring substituents is 1. The van der Waals surface area contributed by atoms with Gasteiger partial charge < -0.3 is 14.8 Å². The minimum atomic E-state index is -0.462. The number of nitrogens with one attached hydrogen (secondary N) is 2. The largest absolute Gasteiger partial charge is 0.493 e. The third-order valence-corrected chi connectivity index (χ3v) is 4.82. The third-order valence-electron chi connectivity index (χ3n) is 4.82. The maximum absolute atomic E-state index is 12.2. The molecule has 0 aliphatic carbocycles. The molecule has 0 aliphatic heterocycles. The lowest BCUT2D eigenvalue weighted by molar-refractivity contribution is -0.384. The molecular formula is C24H24N4O5. The first kappa shape index (κ1) is 23.3. The highest BCUT2D eigenvalue weighted by atomic mass is 16.6. The normalized spacial score (nSPS) is 10.6. The number of carbonyl (C=O) groups excluding carboxylic acids is 1. The maximum Gasteiger partial charge on any atom is 0.269 e. The molecule has 0 fully saturated rings. The Balaban J connectivity index is 1.57. The van der Waals surface area contributed by atoms with Gasteiger partial charge in [-0.05, 0) is 73.0 Å². The van der Waals surface area contributed by atoms with Crippen molar-refractivity contribution in [3.05, 3.63) is 87.5 Å². The van der Waals surface area contributed by atoms with Gasteiger partial charge in [0.15, 0.2) is 18.1 Å². The zero-order chi connectivity index (χ0) is 23.8. The first-order valence-electron chi connectivity index (χ1n) is 10.1. The van der Waals surface area contributed by atoms with Gasteiger partial charge in [0.1, 0.15) is 0 Å². The van der Waals surface area contributed by atoms with Crippen LogP contribution in [0.2, 0.25) is 0 Å². The Hall–Kier alpha value is -4.40. The summed E-state index contributed by atoms with van der Waals surface area (Å²) < 4.78 is 11.0. The third kappa shape index (κ3) is 6.54. The molecule has 9 nitrogen and oxygen atoms in total. The summed E-state index contributed by atoms with van der Waals surface area (Å²) in [6.45, 7) is 3.83. The van der Waals surface area contributed by atoms with Crippen molar-refractivity contribution >= 4 is 29.2 Å². The summed E-state index contributed by atoms with van der Waals surface area (Å²) >= 11 is 0. The molecule has 0 saturated carbocycles. The van der Waals surface area contributed by atoms with Crippen LogP contribution >= 0.6 is 0 Å². The Morgan fingerprint density at radius 3 is 2.39 bits per heavy atom. The number of non-ortho nitro benzene ring substituents is 1. The van der Waals surface area contributed by atoms with Crippen LogP contribution in [-0.4, -0.2) is 30.8 Å². The number of nitrogens with zero attached hydrogens (tertiary/aromatic N) is 2. The van der Waals surface area contributed by atoms with Crippen molar-refractivity contribution in [3.63, 3.8) is 0 Å². The molecule has 0 spiro atoms. The van der Waals surface area contributed by atoms with E-state index in [1.54, 1.807) is 36.5 Å². The summed E-state index contributed by atoms with van der Waals surface area (Å²) in [5.41, 5.74) is 7.11. The molecule has 0 bridgehead atoms. The molecule has 33 heavy (non-hydrogen) atoms. The Kier molecular flexibility index (Phi) is 7.59. The van der Waals surface area contributed by atoms with E-state index in [0.717, 1.165) is 16.7 Å². The quantitative estimate of drug-likeness (QED) is 0.279. The van der Waals surface area contributed by atoms with E-state index < -0.39 is 4.92 Å². The van der Waals surface area contributed by atoms with E-state index in [9.17, 15) is 14.9 Å². The number of ether oxygens (including phenoxy) is 2. The van der Waals surface area contributed by atoms with Crippen LogP contribution in [0.4, 0.5) is 17.1 Å². The average Bonchev–Trinajstić information content (AvgIpc) is 2.80. The molecular weight excluding hydrogens is 424 g/mol. The number of amides is 1. The van der Waals surface area contributed by atoms with E-state index in [1.165, 1.54) is 19.2 Å². The van der Waals surface area contributed by atoms with Gasteiger partial charge in [-0.15, -0.1) is 0 Å². The van der Waals surface area contributed by atoms with Crippen molar-refractivity contribution in [1.82, 2.24) is 0 Å². The number of rotatable bonds is 9. The zero-order valence-electron chi connectivity index (χ0n) is 18.5. The summed E-state index contributed by atoms with van der Waals surface area (Å²) in [5, 5.41) is 17.6. The fraction of sp³-hybridized carbons (Fsp3) is 0.167. The number of nitro groups is 1. The highest BCUT2D eigenvalue weighted by Gasteiger charge is 2.09. The lowest BCUT2D eigenvalue weighted by Gasteiger charge is -2.12. The van der Waals surface area contributed by atoms with E-state index in [1.807, 2.05) is 32.0 Å². The molecule has 0 aliphatic rings. The SMILES string of the molecule is COc1cc(/C=N/Nc2ccc([N+](=O)[O-])cc2)ccc1OCC(=O)Nc1ccc(C)c(C)c1. The summed E-state index contributed by atoms with van der Waals surface area (Å²) in [5.74, 6) is 0.597. The predicted octanol–water partition coefficient (Wildman–Crippen LogP) is 4.68. The molecule has 170 valence electrons. The number of hydrogen-bond donors (Lipinski definition) is 2. The molecule has 3 rings (SSSR count). The van der Waals surface area contributed by atoms with Crippen LogP contribution < -0.4 is 20.2 Å². The van der Waals surface area contributed by atoms with Gasteiger partial charge in [-0.3, -0.25) is 20.3 Å². The van der Waals surface area contributed by atoms with Gasteiger partial charge in [-0.1, -0.05) is 6.07 Å². The summed E-state index contributed by atoms with van der Waals surface area (Å²) in [4.78, 5) is 22.5.